The molecule has 0 aliphatic carbocycles. The van der Waals surface area contributed by atoms with E-state index in [0.717, 1.165) is 0 Å². The maximum absolute atomic E-state index is 14.0. The molecule has 7 heteroatoms. The van der Waals surface area contributed by atoms with Gasteiger partial charge in [0.15, 0.2) is 0 Å². The average Bonchev–Trinajstić information content (AvgIpc) is 2.53. The van der Waals surface area contributed by atoms with E-state index in [1.807, 2.05) is 19.9 Å². The highest BCUT2D eigenvalue weighted by Gasteiger charge is 2.09. The fourth-order valence-corrected chi connectivity index (χ4v) is 2.27. The Balaban J connectivity index is 1.94. The van der Waals surface area contributed by atoms with Gasteiger partial charge in [-0.1, -0.05) is 11.6 Å². The van der Waals surface area contributed by atoms with Crippen molar-refractivity contribution in [1.82, 2.24) is 0 Å². The Morgan fingerprint density at radius 3 is 2.68 bits per heavy atom. The number of carbonyl (C=O) groups is 1. The minimum atomic E-state index is -0.507. The molecule has 2 N–H and O–H groups in total. The van der Waals surface area contributed by atoms with Gasteiger partial charge < -0.3 is 15.4 Å². The Hall–Kier alpha value is -2.78. The van der Waals surface area contributed by atoms with Gasteiger partial charge in [-0.25, -0.2) is 4.39 Å². The number of halogens is 2. The molecular weight excluding hydrogens is 345 g/mol. The van der Waals surface area contributed by atoms with E-state index in [4.69, 9.17) is 21.6 Å². The number of hydrogen-bond acceptors (Lipinski definition) is 4. The number of nitrogens with one attached hydrogen (secondary N) is 2. The van der Waals surface area contributed by atoms with Crippen molar-refractivity contribution in [2.75, 3.05) is 17.2 Å². The Morgan fingerprint density at radius 2 is 2.08 bits per heavy atom. The lowest BCUT2D eigenvalue weighted by Crippen LogP contribution is -2.22. The lowest BCUT2D eigenvalue weighted by Gasteiger charge is -2.12. The Morgan fingerprint density at radius 1 is 1.32 bits per heavy atom. The number of rotatable bonds is 6. The second kappa shape index (κ2) is 8.36. The molecule has 0 bridgehead atoms. The SMILES string of the molecule is CC(C)Oc1ccc(NCC(=O)Nc2ccc(C#N)c(Cl)c2)c(F)c1. The van der Waals surface area contributed by atoms with Gasteiger partial charge in [-0.05, 0) is 44.2 Å². The van der Waals surface area contributed by atoms with Gasteiger partial charge >= 0.3 is 0 Å². The van der Waals surface area contributed by atoms with E-state index in [9.17, 15) is 9.18 Å². The van der Waals surface area contributed by atoms with Crippen molar-refractivity contribution >= 4 is 28.9 Å². The first-order chi connectivity index (χ1) is 11.9. The van der Waals surface area contributed by atoms with Crippen LogP contribution in [0.25, 0.3) is 0 Å². The van der Waals surface area contributed by atoms with Crippen LogP contribution in [0.5, 0.6) is 5.75 Å². The molecule has 130 valence electrons. The van der Waals surface area contributed by atoms with Crippen molar-refractivity contribution in [1.29, 1.82) is 5.26 Å². The van der Waals surface area contributed by atoms with Crippen molar-refractivity contribution < 1.29 is 13.9 Å². The van der Waals surface area contributed by atoms with E-state index < -0.39 is 5.82 Å². The van der Waals surface area contributed by atoms with Crippen molar-refractivity contribution in [2.24, 2.45) is 0 Å². The van der Waals surface area contributed by atoms with Gasteiger partial charge in [-0.3, -0.25) is 4.79 Å². The summed E-state index contributed by atoms with van der Waals surface area (Å²) in [7, 11) is 0. The third kappa shape index (κ3) is 5.37. The van der Waals surface area contributed by atoms with Crippen LogP contribution in [-0.2, 0) is 4.79 Å². The van der Waals surface area contributed by atoms with E-state index in [-0.39, 0.29) is 29.3 Å². The van der Waals surface area contributed by atoms with Gasteiger partial charge in [-0.15, -0.1) is 0 Å². The van der Waals surface area contributed by atoms with Crippen LogP contribution in [0.2, 0.25) is 5.02 Å². The van der Waals surface area contributed by atoms with Crippen LogP contribution in [0, 0.1) is 17.1 Å². The largest absolute Gasteiger partial charge is 0.491 e. The number of carbonyl (C=O) groups excluding carboxylic acids is 1. The Kier molecular flexibility index (Phi) is 6.20. The molecule has 0 fully saturated rings. The molecule has 2 rings (SSSR count). The summed E-state index contributed by atoms with van der Waals surface area (Å²) >= 11 is 5.91. The number of hydrogen-bond donors (Lipinski definition) is 2. The zero-order valence-electron chi connectivity index (χ0n) is 13.8. The number of anilines is 2. The van der Waals surface area contributed by atoms with Crippen LogP contribution in [0.4, 0.5) is 15.8 Å². The number of amides is 1. The van der Waals surface area contributed by atoms with Gasteiger partial charge in [-0.2, -0.15) is 5.26 Å². The molecule has 2 aromatic carbocycles. The maximum atomic E-state index is 14.0. The molecule has 0 unspecified atom stereocenters. The molecule has 5 nitrogen and oxygen atoms in total. The molecule has 0 spiro atoms. The van der Waals surface area contributed by atoms with Gasteiger partial charge in [0.2, 0.25) is 5.91 Å². The summed E-state index contributed by atoms with van der Waals surface area (Å²) in [6.07, 6.45) is -0.0526. The molecule has 0 saturated carbocycles. The number of ether oxygens (including phenoxy) is 1. The lowest BCUT2D eigenvalue weighted by atomic mass is 10.2. The molecule has 0 saturated heterocycles. The zero-order valence-corrected chi connectivity index (χ0v) is 14.5. The highest BCUT2D eigenvalue weighted by molar-refractivity contribution is 6.32. The predicted octanol–water partition coefficient (Wildman–Crippen LogP) is 4.19. The summed E-state index contributed by atoms with van der Waals surface area (Å²) in [6.45, 7) is 3.58. The molecule has 1 amide bonds. The van der Waals surface area contributed by atoms with Crippen LogP contribution in [-0.4, -0.2) is 18.6 Å². The molecule has 0 aliphatic rings. The maximum Gasteiger partial charge on any atom is 0.243 e. The minimum absolute atomic E-state index is 0.0526. The van der Waals surface area contributed by atoms with Gasteiger partial charge in [0.25, 0.3) is 0 Å². The third-order valence-corrected chi connectivity index (χ3v) is 3.44. The van der Waals surface area contributed by atoms with Crippen molar-refractivity contribution in [2.45, 2.75) is 20.0 Å². The summed E-state index contributed by atoms with van der Waals surface area (Å²) in [5.74, 6) is -0.454. The number of benzene rings is 2. The summed E-state index contributed by atoms with van der Waals surface area (Å²) in [5, 5.41) is 14.4. The highest BCUT2D eigenvalue weighted by Crippen LogP contribution is 2.22. The van der Waals surface area contributed by atoms with Crippen LogP contribution < -0.4 is 15.4 Å². The monoisotopic (exact) mass is 361 g/mol. The van der Waals surface area contributed by atoms with Crippen molar-refractivity contribution in [3.8, 4) is 11.8 Å². The van der Waals surface area contributed by atoms with E-state index in [0.29, 0.717) is 17.0 Å². The van der Waals surface area contributed by atoms with Gasteiger partial charge in [0, 0.05) is 11.8 Å². The molecule has 0 heterocycles. The summed E-state index contributed by atoms with van der Waals surface area (Å²) in [4.78, 5) is 11.9. The minimum Gasteiger partial charge on any atom is -0.491 e. The molecular formula is C18H17ClFN3O2. The lowest BCUT2D eigenvalue weighted by molar-refractivity contribution is -0.114. The molecule has 2 aromatic rings. The topological polar surface area (TPSA) is 74.2 Å². The number of nitriles is 1. The van der Waals surface area contributed by atoms with E-state index in [2.05, 4.69) is 10.6 Å². The average molecular weight is 362 g/mol. The predicted molar refractivity (Wildman–Crippen MR) is 95.5 cm³/mol. The normalized spacial score (nSPS) is 10.2. The van der Waals surface area contributed by atoms with Crippen molar-refractivity contribution in [3.63, 3.8) is 0 Å². The smallest absolute Gasteiger partial charge is 0.243 e. The summed E-state index contributed by atoms with van der Waals surface area (Å²) in [5.41, 5.74) is 0.977. The molecule has 0 atom stereocenters. The standard InChI is InChI=1S/C18H17ClFN3O2/c1-11(2)25-14-5-6-17(16(20)8-14)22-10-18(24)23-13-4-3-12(9-21)15(19)7-13/h3-8,11,22H,10H2,1-2H3,(H,23,24). The Labute approximate surface area is 150 Å². The van der Waals surface area contributed by atoms with E-state index >= 15 is 0 Å². The molecule has 0 radical (unpaired) electrons. The van der Waals surface area contributed by atoms with E-state index in [1.54, 1.807) is 12.1 Å². The fourth-order valence-electron chi connectivity index (χ4n) is 2.05. The first-order valence-electron chi connectivity index (χ1n) is 7.58. The quantitative estimate of drug-likeness (QED) is 0.809. The van der Waals surface area contributed by atoms with Gasteiger partial charge in [0.1, 0.15) is 17.6 Å². The molecule has 0 aromatic heterocycles. The van der Waals surface area contributed by atoms with Crippen LogP contribution >= 0.6 is 11.6 Å². The highest BCUT2D eigenvalue weighted by atomic mass is 35.5. The second-order valence-corrected chi connectivity index (χ2v) is 5.92. The Bertz CT molecular complexity index is 818. The second-order valence-electron chi connectivity index (χ2n) is 5.52. The van der Waals surface area contributed by atoms with Crippen LogP contribution in [0.1, 0.15) is 19.4 Å². The molecule has 0 aliphatic heterocycles. The van der Waals surface area contributed by atoms with Crippen LogP contribution in [0.3, 0.4) is 0 Å². The summed E-state index contributed by atoms with van der Waals surface area (Å²) < 4.78 is 19.4. The number of nitrogens with zero attached hydrogens (tertiary/aromatic N) is 1. The first-order valence-corrected chi connectivity index (χ1v) is 7.96. The van der Waals surface area contributed by atoms with Crippen molar-refractivity contribution in [3.05, 3.63) is 52.8 Å². The zero-order chi connectivity index (χ0) is 18.4. The summed E-state index contributed by atoms with van der Waals surface area (Å²) in [6, 6.07) is 10.9. The molecule has 25 heavy (non-hydrogen) atoms. The fraction of sp³-hybridized carbons (Fsp3) is 0.222. The van der Waals surface area contributed by atoms with Gasteiger partial charge in [0.05, 0.1) is 28.9 Å². The van der Waals surface area contributed by atoms with E-state index in [1.165, 1.54) is 24.3 Å². The third-order valence-electron chi connectivity index (χ3n) is 3.13. The van der Waals surface area contributed by atoms with Crippen LogP contribution in [0.15, 0.2) is 36.4 Å². The first kappa shape index (κ1) is 18.6.